The number of aliphatic hydroxyl groups excluding tert-OH is 1. The van der Waals surface area contributed by atoms with Gasteiger partial charge in [-0.15, -0.1) is 0 Å². The van der Waals surface area contributed by atoms with Crippen LogP contribution >= 0.6 is 0 Å². The average molecular weight is 435 g/mol. The highest BCUT2D eigenvalue weighted by atomic mass is 19.1. The van der Waals surface area contributed by atoms with E-state index in [4.69, 9.17) is 9.97 Å². The largest absolute Gasteiger partial charge is 0.394 e. The zero-order valence-electron chi connectivity index (χ0n) is 17.8. The minimum Gasteiger partial charge on any atom is -0.394 e. The first-order valence-corrected chi connectivity index (χ1v) is 11.2. The molecule has 8 heteroatoms. The summed E-state index contributed by atoms with van der Waals surface area (Å²) in [6.07, 6.45) is 2.80. The van der Waals surface area contributed by atoms with Gasteiger partial charge in [0.25, 0.3) is 0 Å². The number of aromatic nitrogens is 3. The highest BCUT2D eigenvalue weighted by Gasteiger charge is 2.29. The van der Waals surface area contributed by atoms with Gasteiger partial charge in [-0.3, -0.25) is 0 Å². The van der Waals surface area contributed by atoms with Gasteiger partial charge < -0.3 is 20.6 Å². The first-order chi connectivity index (χ1) is 15.7. The van der Waals surface area contributed by atoms with Crippen LogP contribution in [0.4, 0.5) is 16.3 Å². The fraction of sp³-hybridized carbons (Fsp3) is 0.375. The van der Waals surface area contributed by atoms with Crippen molar-refractivity contribution in [1.29, 1.82) is 0 Å². The highest BCUT2D eigenvalue weighted by Crippen LogP contribution is 2.33. The second-order valence-corrected chi connectivity index (χ2v) is 8.30. The SMILES string of the molecule is OCC1c2ccccc2CCN1c1nc(NC2CCNCC2)nc(-c2cccc(F)c2)n1. The molecular formula is C24H27FN6O. The van der Waals surface area contributed by atoms with Crippen LogP contribution in [0.5, 0.6) is 0 Å². The Bertz CT molecular complexity index is 1090. The van der Waals surface area contributed by atoms with Crippen molar-refractivity contribution >= 4 is 11.9 Å². The summed E-state index contributed by atoms with van der Waals surface area (Å²) in [5.74, 6) is 1.06. The summed E-state index contributed by atoms with van der Waals surface area (Å²) in [5.41, 5.74) is 2.91. The molecule has 1 fully saturated rings. The van der Waals surface area contributed by atoms with Crippen LogP contribution in [0, 0.1) is 5.82 Å². The molecule has 3 N–H and O–H groups in total. The molecule has 7 nitrogen and oxygen atoms in total. The van der Waals surface area contributed by atoms with Crippen LogP contribution in [0.15, 0.2) is 48.5 Å². The Morgan fingerprint density at radius 3 is 2.72 bits per heavy atom. The summed E-state index contributed by atoms with van der Waals surface area (Å²) < 4.78 is 13.9. The summed E-state index contributed by atoms with van der Waals surface area (Å²) in [5, 5.41) is 17.0. The number of halogens is 1. The van der Waals surface area contributed by atoms with Gasteiger partial charge in [-0.2, -0.15) is 15.0 Å². The normalized spacial score (nSPS) is 18.9. The Morgan fingerprint density at radius 2 is 1.91 bits per heavy atom. The van der Waals surface area contributed by atoms with E-state index in [0.717, 1.165) is 37.9 Å². The number of anilines is 2. The van der Waals surface area contributed by atoms with Gasteiger partial charge in [-0.05, 0) is 55.6 Å². The van der Waals surface area contributed by atoms with Crippen molar-refractivity contribution in [3.05, 3.63) is 65.5 Å². The van der Waals surface area contributed by atoms with Gasteiger partial charge in [0.1, 0.15) is 5.82 Å². The summed E-state index contributed by atoms with van der Waals surface area (Å²) >= 11 is 0. The molecule has 3 aromatic rings. The Labute approximate surface area is 186 Å². The first kappa shape index (κ1) is 20.8. The molecule has 5 rings (SSSR count). The van der Waals surface area contributed by atoms with Gasteiger partial charge in [-0.25, -0.2) is 4.39 Å². The van der Waals surface area contributed by atoms with Crippen LogP contribution in [-0.4, -0.2) is 52.3 Å². The topological polar surface area (TPSA) is 86.2 Å². The van der Waals surface area contributed by atoms with Gasteiger partial charge in [0, 0.05) is 18.2 Å². The summed E-state index contributed by atoms with van der Waals surface area (Å²) in [6.45, 7) is 2.53. The predicted molar refractivity (Wildman–Crippen MR) is 122 cm³/mol. The first-order valence-electron chi connectivity index (χ1n) is 11.2. The molecule has 0 spiro atoms. The fourth-order valence-electron chi connectivity index (χ4n) is 4.55. The lowest BCUT2D eigenvalue weighted by Crippen LogP contribution is -2.39. The molecule has 0 bridgehead atoms. The zero-order valence-corrected chi connectivity index (χ0v) is 17.8. The van der Waals surface area contributed by atoms with Gasteiger partial charge in [0.05, 0.1) is 12.6 Å². The van der Waals surface area contributed by atoms with Gasteiger partial charge in [-0.1, -0.05) is 36.4 Å². The Kier molecular flexibility index (Phi) is 5.96. The van der Waals surface area contributed by atoms with E-state index in [2.05, 4.69) is 21.7 Å². The average Bonchev–Trinajstić information content (AvgIpc) is 2.83. The number of fused-ring (bicyclic) bond motifs is 1. The molecule has 166 valence electrons. The maximum Gasteiger partial charge on any atom is 0.231 e. The van der Waals surface area contributed by atoms with E-state index in [1.807, 2.05) is 23.1 Å². The van der Waals surface area contributed by atoms with Crippen LogP contribution in [0.25, 0.3) is 11.4 Å². The van der Waals surface area contributed by atoms with Crippen LogP contribution in [0.1, 0.15) is 30.0 Å². The third kappa shape index (κ3) is 4.28. The molecule has 32 heavy (non-hydrogen) atoms. The minimum absolute atomic E-state index is 0.0466. The van der Waals surface area contributed by atoms with Gasteiger partial charge in [0.15, 0.2) is 5.82 Å². The molecule has 0 radical (unpaired) electrons. The molecule has 2 aliphatic heterocycles. The molecular weight excluding hydrogens is 407 g/mol. The number of benzene rings is 2. The maximum atomic E-state index is 13.9. The van der Waals surface area contributed by atoms with Crippen LogP contribution in [0.2, 0.25) is 0 Å². The lowest BCUT2D eigenvalue weighted by Gasteiger charge is -2.36. The van der Waals surface area contributed by atoms with Crippen LogP contribution < -0.4 is 15.5 Å². The van der Waals surface area contributed by atoms with Crippen molar-refractivity contribution in [1.82, 2.24) is 20.3 Å². The third-order valence-corrected chi connectivity index (χ3v) is 6.22. The Balaban J connectivity index is 1.54. The molecule has 1 aromatic heterocycles. The lowest BCUT2D eigenvalue weighted by atomic mass is 9.93. The monoisotopic (exact) mass is 434 g/mol. The standard InChI is InChI=1S/C24H27FN6O/c25-18-6-3-5-17(14-18)22-28-23(27-19-8-11-26-12-9-19)30-24(29-22)31-13-10-16-4-1-2-7-20(16)21(31)15-32/h1-7,14,19,21,26,32H,8-13,15H2,(H,27,28,29,30). The number of hydrogen-bond donors (Lipinski definition) is 3. The predicted octanol–water partition coefficient (Wildman–Crippen LogP) is 2.94. The van der Waals surface area contributed by atoms with Crippen molar-refractivity contribution in [2.24, 2.45) is 0 Å². The number of piperidine rings is 1. The number of rotatable bonds is 5. The van der Waals surface area contributed by atoms with Crippen LogP contribution in [0.3, 0.4) is 0 Å². The second-order valence-electron chi connectivity index (χ2n) is 8.30. The molecule has 3 heterocycles. The third-order valence-electron chi connectivity index (χ3n) is 6.22. The van der Waals surface area contributed by atoms with E-state index >= 15 is 0 Å². The van der Waals surface area contributed by atoms with Crippen LogP contribution in [-0.2, 0) is 6.42 Å². The molecule has 2 aromatic carbocycles. The van der Waals surface area contributed by atoms with Crippen molar-refractivity contribution in [2.45, 2.75) is 31.3 Å². The molecule has 1 unspecified atom stereocenters. The number of aliphatic hydroxyl groups is 1. The van der Waals surface area contributed by atoms with E-state index in [9.17, 15) is 9.50 Å². The molecule has 0 saturated carbocycles. The number of nitrogens with one attached hydrogen (secondary N) is 2. The number of hydrogen-bond acceptors (Lipinski definition) is 7. The van der Waals surface area contributed by atoms with Crippen molar-refractivity contribution in [3.63, 3.8) is 0 Å². The van der Waals surface area contributed by atoms with Crippen molar-refractivity contribution in [2.75, 3.05) is 36.5 Å². The fourth-order valence-corrected chi connectivity index (χ4v) is 4.55. The highest BCUT2D eigenvalue weighted by molar-refractivity contribution is 5.59. The van der Waals surface area contributed by atoms with E-state index in [1.165, 1.54) is 17.7 Å². The molecule has 1 saturated heterocycles. The Hall–Kier alpha value is -3.10. The Morgan fingerprint density at radius 1 is 1.06 bits per heavy atom. The van der Waals surface area contributed by atoms with E-state index in [-0.39, 0.29) is 24.5 Å². The minimum atomic E-state index is -0.336. The summed E-state index contributed by atoms with van der Waals surface area (Å²) in [4.78, 5) is 16.1. The lowest BCUT2D eigenvalue weighted by molar-refractivity contribution is 0.256. The molecule has 0 amide bonds. The number of nitrogens with zero attached hydrogens (tertiary/aromatic N) is 4. The molecule has 0 aliphatic carbocycles. The van der Waals surface area contributed by atoms with E-state index < -0.39 is 0 Å². The van der Waals surface area contributed by atoms with E-state index in [1.54, 1.807) is 12.1 Å². The van der Waals surface area contributed by atoms with Crippen molar-refractivity contribution < 1.29 is 9.50 Å². The maximum absolute atomic E-state index is 13.9. The zero-order chi connectivity index (χ0) is 21.9. The molecule has 2 aliphatic rings. The second kappa shape index (κ2) is 9.18. The van der Waals surface area contributed by atoms with Crippen molar-refractivity contribution in [3.8, 4) is 11.4 Å². The quantitative estimate of drug-likeness (QED) is 0.569. The van der Waals surface area contributed by atoms with Gasteiger partial charge >= 0.3 is 0 Å². The summed E-state index contributed by atoms with van der Waals surface area (Å²) in [6, 6.07) is 14.5. The summed E-state index contributed by atoms with van der Waals surface area (Å²) in [7, 11) is 0. The smallest absolute Gasteiger partial charge is 0.231 e. The van der Waals surface area contributed by atoms with Gasteiger partial charge in [0.2, 0.25) is 11.9 Å². The van der Waals surface area contributed by atoms with E-state index in [0.29, 0.717) is 29.8 Å². The molecule has 1 atom stereocenters.